The molecule has 1 aromatic rings. The highest BCUT2D eigenvalue weighted by molar-refractivity contribution is 5.94. The molecule has 0 spiro atoms. The van der Waals surface area contributed by atoms with E-state index in [9.17, 15) is 4.79 Å². The van der Waals surface area contributed by atoms with Gasteiger partial charge in [-0.3, -0.25) is 0 Å². The van der Waals surface area contributed by atoms with Gasteiger partial charge in [-0.25, -0.2) is 4.79 Å². The molecule has 0 aliphatic heterocycles. The molecular formula is C15H23NO3. The van der Waals surface area contributed by atoms with Gasteiger partial charge in [-0.15, -0.1) is 0 Å². The predicted octanol–water partition coefficient (Wildman–Crippen LogP) is 3.40. The summed E-state index contributed by atoms with van der Waals surface area (Å²) in [5.74, 6) is 0.0517. The topological polar surface area (TPSA) is 61.5 Å². The molecule has 0 fully saturated rings. The van der Waals surface area contributed by atoms with Crippen LogP contribution < -0.4 is 10.5 Å². The molecule has 1 aromatic carbocycles. The number of carbonyl (C=O) groups excluding carboxylic acids is 1. The van der Waals surface area contributed by atoms with Crippen LogP contribution in [0.3, 0.4) is 0 Å². The molecule has 19 heavy (non-hydrogen) atoms. The summed E-state index contributed by atoms with van der Waals surface area (Å²) in [5.41, 5.74) is 6.67. The molecule has 0 amide bonds. The minimum atomic E-state index is -0.368. The SMILES string of the molecule is CCCCCCOC(=O)c1cccc(N)c1OCC. The smallest absolute Gasteiger partial charge is 0.342 e. The maximum atomic E-state index is 12.0. The Morgan fingerprint density at radius 3 is 2.68 bits per heavy atom. The molecule has 4 nitrogen and oxygen atoms in total. The molecule has 0 aliphatic carbocycles. The van der Waals surface area contributed by atoms with Gasteiger partial charge in [0.15, 0.2) is 5.75 Å². The summed E-state index contributed by atoms with van der Waals surface area (Å²) in [6, 6.07) is 5.12. The molecule has 4 heteroatoms. The third-order valence-corrected chi connectivity index (χ3v) is 2.79. The second-order valence-corrected chi connectivity index (χ2v) is 4.35. The van der Waals surface area contributed by atoms with Gasteiger partial charge in [0.1, 0.15) is 5.56 Å². The highest BCUT2D eigenvalue weighted by Gasteiger charge is 2.15. The Kier molecular flexibility index (Phi) is 6.79. The Hall–Kier alpha value is -1.71. The van der Waals surface area contributed by atoms with E-state index in [1.807, 2.05) is 6.92 Å². The van der Waals surface area contributed by atoms with Crippen molar-refractivity contribution in [2.45, 2.75) is 39.5 Å². The number of carbonyl (C=O) groups is 1. The van der Waals surface area contributed by atoms with Crippen molar-refractivity contribution < 1.29 is 14.3 Å². The summed E-state index contributed by atoms with van der Waals surface area (Å²) in [7, 11) is 0. The minimum Gasteiger partial charge on any atom is -0.491 e. The van der Waals surface area contributed by atoms with Crippen molar-refractivity contribution >= 4 is 11.7 Å². The van der Waals surface area contributed by atoms with Crippen LogP contribution in [-0.2, 0) is 4.74 Å². The number of hydrogen-bond donors (Lipinski definition) is 1. The molecule has 0 atom stereocenters. The fourth-order valence-electron chi connectivity index (χ4n) is 1.79. The fourth-order valence-corrected chi connectivity index (χ4v) is 1.79. The normalized spacial score (nSPS) is 10.2. The van der Waals surface area contributed by atoms with Crippen molar-refractivity contribution in [1.29, 1.82) is 0 Å². The van der Waals surface area contributed by atoms with E-state index in [2.05, 4.69) is 6.92 Å². The van der Waals surface area contributed by atoms with Crippen LogP contribution >= 0.6 is 0 Å². The molecule has 0 heterocycles. The van der Waals surface area contributed by atoms with Gasteiger partial charge in [0, 0.05) is 0 Å². The molecule has 0 aromatic heterocycles. The average Bonchev–Trinajstić information content (AvgIpc) is 2.41. The average molecular weight is 265 g/mol. The molecule has 0 aliphatic rings. The van der Waals surface area contributed by atoms with Crippen LogP contribution in [0.4, 0.5) is 5.69 Å². The molecule has 0 saturated carbocycles. The van der Waals surface area contributed by atoms with Crippen molar-refractivity contribution in [3.8, 4) is 5.75 Å². The molecular weight excluding hydrogens is 242 g/mol. The van der Waals surface area contributed by atoms with E-state index in [0.29, 0.717) is 30.2 Å². The fraction of sp³-hybridized carbons (Fsp3) is 0.533. The van der Waals surface area contributed by atoms with Crippen LogP contribution in [0.5, 0.6) is 5.75 Å². The van der Waals surface area contributed by atoms with Gasteiger partial charge in [-0.05, 0) is 25.5 Å². The Labute approximate surface area is 114 Å². The monoisotopic (exact) mass is 265 g/mol. The molecule has 0 saturated heterocycles. The van der Waals surface area contributed by atoms with Crippen molar-refractivity contribution in [3.05, 3.63) is 23.8 Å². The standard InChI is InChI=1S/C15H23NO3/c1-3-5-6-7-11-19-15(17)12-9-8-10-13(16)14(12)18-4-2/h8-10H,3-7,11,16H2,1-2H3. The van der Waals surface area contributed by atoms with E-state index in [0.717, 1.165) is 19.3 Å². The van der Waals surface area contributed by atoms with E-state index in [1.165, 1.54) is 6.42 Å². The van der Waals surface area contributed by atoms with Crippen LogP contribution in [0, 0.1) is 0 Å². The van der Waals surface area contributed by atoms with Gasteiger partial charge in [0.25, 0.3) is 0 Å². The predicted molar refractivity (Wildman–Crippen MR) is 76.4 cm³/mol. The van der Waals surface area contributed by atoms with Gasteiger partial charge in [0.2, 0.25) is 0 Å². The zero-order valence-electron chi connectivity index (χ0n) is 11.8. The van der Waals surface area contributed by atoms with Crippen molar-refractivity contribution in [2.24, 2.45) is 0 Å². The summed E-state index contributed by atoms with van der Waals surface area (Å²) >= 11 is 0. The summed E-state index contributed by atoms with van der Waals surface area (Å²) in [6.45, 7) is 4.91. The van der Waals surface area contributed by atoms with E-state index in [4.69, 9.17) is 15.2 Å². The maximum absolute atomic E-state index is 12.0. The van der Waals surface area contributed by atoms with Crippen LogP contribution in [0.15, 0.2) is 18.2 Å². The van der Waals surface area contributed by atoms with Crippen molar-refractivity contribution in [3.63, 3.8) is 0 Å². The second kappa shape index (κ2) is 8.40. The minimum absolute atomic E-state index is 0.368. The quantitative estimate of drug-likeness (QED) is 0.444. The highest BCUT2D eigenvalue weighted by atomic mass is 16.5. The highest BCUT2D eigenvalue weighted by Crippen LogP contribution is 2.27. The van der Waals surface area contributed by atoms with Gasteiger partial charge in [-0.1, -0.05) is 32.3 Å². The van der Waals surface area contributed by atoms with E-state index in [-0.39, 0.29) is 5.97 Å². The molecule has 106 valence electrons. The van der Waals surface area contributed by atoms with E-state index >= 15 is 0 Å². The Bertz CT molecular complexity index is 404. The maximum Gasteiger partial charge on any atom is 0.342 e. The van der Waals surface area contributed by atoms with E-state index in [1.54, 1.807) is 18.2 Å². The van der Waals surface area contributed by atoms with Gasteiger partial charge < -0.3 is 15.2 Å². The van der Waals surface area contributed by atoms with Gasteiger partial charge in [0.05, 0.1) is 18.9 Å². The first-order valence-electron chi connectivity index (χ1n) is 6.89. The summed E-state index contributed by atoms with van der Waals surface area (Å²) in [4.78, 5) is 12.0. The Morgan fingerprint density at radius 2 is 2.00 bits per heavy atom. The summed E-state index contributed by atoms with van der Waals surface area (Å²) < 4.78 is 10.7. The molecule has 0 radical (unpaired) electrons. The van der Waals surface area contributed by atoms with Crippen LogP contribution in [0.25, 0.3) is 0 Å². The molecule has 0 unspecified atom stereocenters. The summed E-state index contributed by atoms with van der Waals surface area (Å²) in [6.07, 6.45) is 4.31. The lowest BCUT2D eigenvalue weighted by molar-refractivity contribution is 0.0493. The van der Waals surface area contributed by atoms with E-state index < -0.39 is 0 Å². The first kappa shape index (κ1) is 15.3. The number of nitrogens with two attached hydrogens (primary N) is 1. The number of nitrogen functional groups attached to an aromatic ring is 1. The largest absolute Gasteiger partial charge is 0.491 e. The van der Waals surface area contributed by atoms with Crippen molar-refractivity contribution in [1.82, 2.24) is 0 Å². The number of hydrogen-bond acceptors (Lipinski definition) is 4. The lowest BCUT2D eigenvalue weighted by atomic mass is 10.1. The van der Waals surface area contributed by atoms with Gasteiger partial charge >= 0.3 is 5.97 Å². The number of esters is 1. The number of anilines is 1. The first-order chi connectivity index (χ1) is 9.20. The molecule has 2 N–H and O–H groups in total. The number of rotatable bonds is 8. The zero-order chi connectivity index (χ0) is 14.1. The van der Waals surface area contributed by atoms with Crippen molar-refractivity contribution in [2.75, 3.05) is 18.9 Å². The van der Waals surface area contributed by atoms with Gasteiger partial charge in [-0.2, -0.15) is 0 Å². The van der Waals surface area contributed by atoms with Crippen LogP contribution in [-0.4, -0.2) is 19.2 Å². The lowest BCUT2D eigenvalue weighted by Crippen LogP contribution is -2.10. The number of ether oxygens (including phenoxy) is 2. The lowest BCUT2D eigenvalue weighted by Gasteiger charge is -2.12. The third kappa shape index (κ3) is 4.81. The van der Waals surface area contributed by atoms with Crippen LogP contribution in [0.1, 0.15) is 49.9 Å². The Morgan fingerprint density at radius 1 is 1.21 bits per heavy atom. The number of benzene rings is 1. The molecule has 0 bridgehead atoms. The van der Waals surface area contributed by atoms with Crippen LogP contribution in [0.2, 0.25) is 0 Å². The third-order valence-electron chi connectivity index (χ3n) is 2.79. The molecule has 1 rings (SSSR count). The number of para-hydroxylation sites is 1. The summed E-state index contributed by atoms with van der Waals surface area (Å²) in [5, 5.41) is 0. The second-order valence-electron chi connectivity index (χ2n) is 4.35. The first-order valence-corrected chi connectivity index (χ1v) is 6.89. The zero-order valence-corrected chi connectivity index (χ0v) is 11.8. The number of unbranched alkanes of at least 4 members (excludes halogenated alkanes) is 3. The Balaban J connectivity index is 2.58.